The molecular formula is C20H18N4O. The first-order valence-corrected chi connectivity index (χ1v) is 8.46. The number of aromatic nitrogens is 2. The second-order valence-electron chi connectivity index (χ2n) is 6.36. The lowest BCUT2D eigenvalue weighted by Crippen LogP contribution is -2.38. The first-order chi connectivity index (χ1) is 12.2. The van der Waals surface area contributed by atoms with Gasteiger partial charge >= 0.3 is 0 Å². The van der Waals surface area contributed by atoms with Gasteiger partial charge in [-0.15, -0.1) is 0 Å². The predicted octanol–water partition coefficient (Wildman–Crippen LogP) is 4.13. The number of likely N-dealkylation sites (tertiary alicyclic amines) is 1. The zero-order chi connectivity index (χ0) is 17.2. The quantitative estimate of drug-likeness (QED) is 0.718. The third-order valence-corrected chi connectivity index (χ3v) is 4.82. The second-order valence-corrected chi connectivity index (χ2v) is 6.36. The number of benzene rings is 2. The summed E-state index contributed by atoms with van der Waals surface area (Å²) in [5.74, 6) is 1.43. The van der Waals surface area contributed by atoms with Crippen LogP contribution in [-0.2, 0) is 0 Å². The van der Waals surface area contributed by atoms with Crippen LogP contribution in [0.2, 0.25) is 0 Å². The fourth-order valence-corrected chi connectivity index (χ4v) is 3.38. The maximum absolute atomic E-state index is 12.6. The van der Waals surface area contributed by atoms with E-state index in [0.717, 1.165) is 42.8 Å². The summed E-state index contributed by atoms with van der Waals surface area (Å²) in [6, 6.07) is 14.9. The zero-order valence-corrected chi connectivity index (χ0v) is 13.8. The number of carbonyl (C=O) groups excluding carboxylic acids is 1. The smallest absolute Gasteiger partial charge is 0.253 e. The van der Waals surface area contributed by atoms with Crippen LogP contribution in [0.3, 0.4) is 0 Å². The number of hydrogen-bond acceptors (Lipinski definition) is 2. The number of rotatable bonds is 2. The van der Waals surface area contributed by atoms with Gasteiger partial charge in [0.15, 0.2) is 5.69 Å². The number of para-hydroxylation sites is 2. The Morgan fingerprint density at radius 3 is 2.52 bits per heavy atom. The Bertz CT molecular complexity index is 911. The number of amides is 1. The molecule has 2 heterocycles. The summed E-state index contributed by atoms with van der Waals surface area (Å²) in [6.45, 7) is 8.44. The Labute approximate surface area is 146 Å². The largest absolute Gasteiger partial charge is 0.342 e. The zero-order valence-electron chi connectivity index (χ0n) is 13.8. The van der Waals surface area contributed by atoms with Crippen LogP contribution >= 0.6 is 0 Å². The molecule has 0 radical (unpaired) electrons. The average molecular weight is 330 g/mol. The minimum atomic E-state index is 0.0413. The highest BCUT2D eigenvalue weighted by Crippen LogP contribution is 2.28. The van der Waals surface area contributed by atoms with Crippen LogP contribution in [0, 0.1) is 6.57 Å². The van der Waals surface area contributed by atoms with E-state index in [9.17, 15) is 4.79 Å². The molecule has 1 fully saturated rings. The monoisotopic (exact) mass is 330 g/mol. The lowest BCUT2D eigenvalue weighted by molar-refractivity contribution is 0.0711. The number of aromatic amines is 1. The molecule has 0 unspecified atom stereocenters. The van der Waals surface area contributed by atoms with Gasteiger partial charge < -0.3 is 9.88 Å². The molecule has 1 aromatic heterocycles. The average Bonchev–Trinajstić information content (AvgIpc) is 3.12. The van der Waals surface area contributed by atoms with Gasteiger partial charge in [0, 0.05) is 24.6 Å². The molecule has 5 heteroatoms. The first kappa shape index (κ1) is 15.4. The normalized spacial score (nSPS) is 15.2. The van der Waals surface area contributed by atoms with Crippen molar-refractivity contribution in [1.82, 2.24) is 14.9 Å². The number of piperidine rings is 1. The van der Waals surface area contributed by atoms with Crippen LogP contribution in [0.15, 0.2) is 48.5 Å². The van der Waals surface area contributed by atoms with Gasteiger partial charge in [-0.05, 0) is 25.0 Å². The van der Waals surface area contributed by atoms with Crippen LogP contribution in [0.4, 0.5) is 5.69 Å². The van der Waals surface area contributed by atoms with Crippen LogP contribution in [0.25, 0.3) is 15.9 Å². The maximum Gasteiger partial charge on any atom is 0.253 e. The van der Waals surface area contributed by atoms with Crippen molar-refractivity contribution in [3.8, 4) is 0 Å². The Hall–Kier alpha value is -3.13. The number of imidazole rings is 1. The van der Waals surface area contributed by atoms with Crippen molar-refractivity contribution >= 4 is 22.6 Å². The van der Waals surface area contributed by atoms with Crippen molar-refractivity contribution in [2.24, 2.45) is 0 Å². The number of fused-ring (bicyclic) bond motifs is 1. The molecule has 1 N–H and O–H groups in total. The molecule has 25 heavy (non-hydrogen) atoms. The van der Waals surface area contributed by atoms with Crippen LogP contribution in [-0.4, -0.2) is 33.9 Å². The van der Waals surface area contributed by atoms with E-state index in [1.165, 1.54) is 0 Å². The lowest BCUT2D eigenvalue weighted by atomic mass is 9.95. The highest BCUT2D eigenvalue weighted by Gasteiger charge is 2.26. The van der Waals surface area contributed by atoms with E-state index < -0.39 is 0 Å². The van der Waals surface area contributed by atoms with Crippen molar-refractivity contribution in [3.63, 3.8) is 0 Å². The van der Waals surface area contributed by atoms with E-state index in [1.54, 1.807) is 24.3 Å². The Kier molecular flexibility index (Phi) is 3.95. The number of nitrogens with one attached hydrogen (secondary N) is 1. The second kappa shape index (κ2) is 6.40. The fourth-order valence-electron chi connectivity index (χ4n) is 3.38. The molecule has 0 spiro atoms. The van der Waals surface area contributed by atoms with Crippen molar-refractivity contribution < 1.29 is 4.79 Å². The third kappa shape index (κ3) is 2.99. The van der Waals surface area contributed by atoms with Gasteiger partial charge in [0.1, 0.15) is 5.82 Å². The SMILES string of the molecule is [C-]#[N+]c1ccc(C(=O)N2CCC(c3nc4ccccc4[nH]3)CC2)cc1. The third-order valence-electron chi connectivity index (χ3n) is 4.82. The molecule has 0 aliphatic carbocycles. The molecule has 124 valence electrons. The summed E-state index contributed by atoms with van der Waals surface area (Å²) < 4.78 is 0. The Morgan fingerprint density at radius 1 is 1.12 bits per heavy atom. The summed E-state index contributed by atoms with van der Waals surface area (Å²) in [5.41, 5.74) is 3.27. The van der Waals surface area contributed by atoms with Gasteiger partial charge in [0.25, 0.3) is 5.91 Å². The topological polar surface area (TPSA) is 53.4 Å². The standard InChI is InChI=1S/C20H18N4O/c1-21-16-8-6-15(7-9-16)20(25)24-12-10-14(11-13-24)19-22-17-4-2-3-5-18(17)23-19/h2-9,14H,10-13H2,(H,22,23). The molecule has 1 saturated heterocycles. The summed E-state index contributed by atoms with van der Waals surface area (Å²) in [7, 11) is 0. The van der Waals surface area contributed by atoms with Gasteiger partial charge in [0.05, 0.1) is 17.6 Å². The van der Waals surface area contributed by atoms with Crippen molar-refractivity contribution in [1.29, 1.82) is 0 Å². The molecular weight excluding hydrogens is 312 g/mol. The van der Waals surface area contributed by atoms with E-state index in [4.69, 9.17) is 11.6 Å². The predicted molar refractivity (Wildman–Crippen MR) is 96.7 cm³/mol. The number of H-pyrrole nitrogens is 1. The molecule has 2 aromatic carbocycles. The summed E-state index contributed by atoms with van der Waals surface area (Å²) in [5, 5.41) is 0. The van der Waals surface area contributed by atoms with Crippen molar-refractivity contribution in [2.45, 2.75) is 18.8 Å². The maximum atomic E-state index is 12.6. The summed E-state index contributed by atoms with van der Waals surface area (Å²) >= 11 is 0. The molecule has 0 saturated carbocycles. The van der Waals surface area contributed by atoms with Gasteiger partial charge in [0.2, 0.25) is 0 Å². The Balaban J connectivity index is 1.43. The molecule has 0 bridgehead atoms. The van der Waals surface area contributed by atoms with Gasteiger partial charge in [-0.2, -0.15) is 0 Å². The number of nitrogens with zero attached hydrogens (tertiary/aromatic N) is 3. The molecule has 3 aromatic rings. The first-order valence-electron chi connectivity index (χ1n) is 8.46. The lowest BCUT2D eigenvalue weighted by Gasteiger charge is -2.31. The van der Waals surface area contributed by atoms with Crippen LogP contribution in [0.1, 0.15) is 34.9 Å². The molecule has 0 atom stereocenters. The summed E-state index contributed by atoms with van der Waals surface area (Å²) in [4.78, 5) is 26.0. The van der Waals surface area contributed by atoms with Gasteiger partial charge in [-0.25, -0.2) is 9.83 Å². The van der Waals surface area contributed by atoms with Gasteiger partial charge in [-0.1, -0.05) is 36.4 Å². The fraction of sp³-hybridized carbons (Fsp3) is 0.250. The highest BCUT2D eigenvalue weighted by atomic mass is 16.2. The van der Waals surface area contributed by atoms with Crippen molar-refractivity contribution in [3.05, 3.63) is 71.3 Å². The molecule has 1 aliphatic rings. The minimum absolute atomic E-state index is 0.0413. The van der Waals surface area contributed by atoms with Crippen molar-refractivity contribution in [2.75, 3.05) is 13.1 Å². The van der Waals surface area contributed by atoms with Crippen LogP contribution in [0.5, 0.6) is 0 Å². The minimum Gasteiger partial charge on any atom is -0.342 e. The van der Waals surface area contributed by atoms with E-state index in [-0.39, 0.29) is 5.91 Å². The molecule has 5 nitrogen and oxygen atoms in total. The molecule has 1 aliphatic heterocycles. The van der Waals surface area contributed by atoms with E-state index in [1.807, 2.05) is 29.2 Å². The number of carbonyl (C=O) groups is 1. The van der Waals surface area contributed by atoms with E-state index in [0.29, 0.717) is 17.2 Å². The molecule has 4 rings (SSSR count). The number of hydrogen-bond donors (Lipinski definition) is 1. The molecule has 1 amide bonds. The van der Waals surface area contributed by atoms with E-state index >= 15 is 0 Å². The van der Waals surface area contributed by atoms with Gasteiger partial charge in [-0.3, -0.25) is 4.79 Å². The summed E-state index contributed by atoms with van der Waals surface area (Å²) in [6.07, 6.45) is 1.82. The highest BCUT2D eigenvalue weighted by molar-refractivity contribution is 5.94. The van der Waals surface area contributed by atoms with Crippen LogP contribution < -0.4 is 0 Å². The Morgan fingerprint density at radius 2 is 1.84 bits per heavy atom. The van der Waals surface area contributed by atoms with E-state index in [2.05, 4.69) is 9.83 Å².